The van der Waals surface area contributed by atoms with Crippen LogP contribution in [0.4, 0.5) is 0 Å². The lowest BCUT2D eigenvalue weighted by atomic mass is 10.0. The van der Waals surface area contributed by atoms with Crippen LogP contribution in [0.2, 0.25) is 5.02 Å². The molecule has 6 nitrogen and oxygen atoms in total. The van der Waals surface area contributed by atoms with Crippen molar-refractivity contribution in [3.63, 3.8) is 0 Å². The fourth-order valence-corrected chi connectivity index (χ4v) is 3.39. The second-order valence-electron chi connectivity index (χ2n) is 7.40. The Labute approximate surface area is 182 Å². The zero-order valence-corrected chi connectivity index (χ0v) is 17.9. The molecule has 3 rings (SSSR count). The lowest BCUT2D eigenvalue weighted by Crippen LogP contribution is -2.48. The van der Waals surface area contributed by atoms with Crippen molar-refractivity contribution >= 4 is 23.4 Å². The normalized spacial score (nSPS) is 16.3. The van der Waals surface area contributed by atoms with Crippen LogP contribution in [-0.2, 0) is 9.59 Å². The summed E-state index contributed by atoms with van der Waals surface area (Å²) in [6, 6.07) is 14.6. The van der Waals surface area contributed by atoms with Gasteiger partial charge in [-0.3, -0.25) is 9.59 Å². The molecule has 0 bridgehead atoms. The van der Waals surface area contributed by atoms with Crippen molar-refractivity contribution in [2.24, 2.45) is 0 Å². The number of nitrogens with zero attached hydrogens (tertiary/aromatic N) is 1. The van der Waals surface area contributed by atoms with Gasteiger partial charge in [-0.15, -0.1) is 0 Å². The molecule has 30 heavy (non-hydrogen) atoms. The minimum absolute atomic E-state index is 0.0532. The largest absolute Gasteiger partial charge is 0.494 e. The molecule has 1 aliphatic rings. The van der Waals surface area contributed by atoms with E-state index in [2.05, 4.69) is 5.32 Å². The highest BCUT2D eigenvalue weighted by Gasteiger charge is 2.26. The monoisotopic (exact) mass is 430 g/mol. The van der Waals surface area contributed by atoms with E-state index >= 15 is 0 Å². The lowest BCUT2D eigenvalue weighted by Gasteiger charge is -2.32. The first-order valence-electron chi connectivity index (χ1n) is 10.1. The second-order valence-corrected chi connectivity index (χ2v) is 7.83. The summed E-state index contributed by atoms with van der Waals surface area (Å²) >= 11 is 5.85. The first kappa shape index (κ1) is 22.0. The number of nitrogens with one attached hydrogen (secondary N) is 1. The molecule has 2 amide bonds. The number of piperidine rings is 1. The van der Waals surface area contributed by atoms with Crippen molar-refractivity contribution in [2.45, 2.75) is 32.2 Å². The smallest absolute Gasteiger partial charge is 0.258 e. The second kappa shape index (κ2) is 10.9. The molecule has 1 heterocycles. The predicted octanol–water partition coefficient (Wildman–Crippen LogP) is 3.60. The Bertz CT molecular complexity index is 839. The van der Waals surface area contributed by atoms with Crippen LogP contribution in [0.25, 0.3) is 0 Å². The number of rotatable bonds is 9. The van der Waals surface area contributed by atoms with Gasteiger partial charge in [-0.25, -0.2) is 0 Å². The molecule has 2 aromatic rings. The summed E-state index contributed by atoms with van der Waals surface area (Å²) < 4.78 is 11.2. The molecule has 1 saturated heterocycles. The van der Waals surface area contributed by atoms with Crippen molar-refractivity contribution in [1.82, 2.24) is 10.2 Å². The Morgan fingerprint density at radius 2 is 1.77 bits per heavy atom. The van der Waals surface area contributed by atoms with E-state index in [-0.39, 0.29) is 24.5 Å². The average Bonchev–Trinajstić information content (AvgIpc) is 2.73. The summed E-state index contributed by atoms with van der Waals surface area (Å²) in [6.45, 7) is 3.74. The summed E-state index contributed by atoms with van der Waals surface area (Å²) in [5, 5.41) is 3.57. The summed E-state index contributed by atoms with van der Waals surface area (Å²) in [5.41, 5.74) is 1.13. The molecular weight excluding hydrogens is 404 g/mol. The van der Waals surface area contributed by atoms with E-state index in [1.807, 2.05) is 48.2 Å². The highest BCUT2D eigenvalue weighted by Crippen LogP contribution is 2.16. The van der Waals surface area contributed by atoms with Gasteiger partial charge < -0.3 is 19.7 Å². The molecule has 160 valence electrons. The number of hydrogen-bond acceptors (Lipinski definition) is 4. The van der Waals surface area contributed by atoms with Crippen LogP contribution in [0.1, 0.15) is 24.8 Å². The zero-order valence-electron chi connectivity index (χ0n) is 17.1. The quantitative estimate of drug-likeness (QED) is 0.617. The standard InChI is InChI=1S/C23H27ClN2O4/c1-17-3-7-21(8-4-17)30-16-22(27)25-19-11-13-26(23(28)15-19)12-2-14-29-20-9-5-18(24)6-10-20/h3-10,19H,2,11-16H2,1H3,(H,25,27). The van der Waals surface area contributed by atoms with Gasteiger partial charge in [0.2, 0.25) is 5.91 Å². The number of likely N-dealkylation sites (tertiary alicyclic amines) is 1. The number of ether oxygens (including phenoxy) is 2. The molecule has 1 aliphatic heterocycles. The molecule has 0 aliphatic carbocycles. The molecule has 1 unspecified atom stereocenters. The maximum atomic E-state index is 12.4. The van der Waals surface area contributed by atoms with Gasteiger partial charge in [0.25, 0.3) is 5.91 Å². The summed E-state index contributed by atoms with van der Waals surface area (Å²) in [4.78, 5) is 26.3. The van der Waals surface area contributed by atoms with Crippen LogP contribution in [0.3, 0.4) is 0 Å². The molecule has 0 radical (unpaired) electrons. The van der Waals surface area contributed by atoms with E-state index in [0.29, 0.717) is 36.9 Å². The van der Waals surface area contributed by atoms with Gasteiger partial charge in [0, 0.05) is 30.6 Å². The van der Waals surface area contributed by atoms with Gasteiger partial charge in [0.1, 0.15) is 11.5 Å². The van der Waals surface area contributed by atoms with Crippen LogP contribution in [0, 0.1) is 6.92 Å². The van der Waals surface area contributed by atoms with Crippen molar-refractivity contribution in [3.05, 3.63) is 59.1 Å². The van der Waals surface area contributed by atoms with Crippen molar-refractivity contribution < 1.29 is 19.1 Å². The Balaban J connectivity index is 1.32. The average molecular weight is 431 g/mol. The van der Waals surface area contributed by atoms with Gasteiger partial charge in [-0.05, 0) is 56.2 Å². The molecular formula is C23H27ClN2O4. The maximum Gasteiger partial charge on any atom is 0.258 e. The van der Waals surface area contributed by atoms with Crippen LogP contribution in [0.15, 0.2) is 48.5 Å². The number of carbonyl (C=O) groups is 2. The van der Waals surface area contributed by atoms with Crippen molar-refractivity contribution in [1.29, 1.82) is 0 Å². The number of amides is 2. The third-order valence-electron chi connectivity index (χ3n) is 4.93. The van der Waals surface area contributed by atoms with Gasteiger partial charge in [-0.1, -0.05) is 29.3 Å². The maximum absolute atomic E-state index is 12.4. The van der Waals surface area contributed by atoms with E-state index in [1.165, 1.54) is 0 Å². The van der Waals surface area contributed by atoms with Gasteiger partial charge >= 0.3 is 0 Å². The van der Waals surface area contributed by atoms with Crippen LogP contribution >= 0.6 is 11.6 Å². The Morgan fingerprint density at radius 3 is 2.47 bits per heavy atom. The summed E-state index contributed by atoms with van der Waals surface area (Å²) in [5.74, 6) is 1.26. The van der Waals surface area contributed by atoms with Crippen molar-refractivity contribution in [3.8, 4) is 11.5 Å². The first-order valence-corrected chi connectivity index (χ1v) is 10.5. The Morgan fingerprint density at radius 1 is 1.10 bits per heavy atom. The number of carbonyl (C=O) groups excluding carboxylic acids is 2. The third-order valence-corrected chi connectivity index (χ3v) is 5.18. The molecule has 0 aromatic heterocycles. The molecule has 7 heteroatoms. The van der Waals surface area contributed by atoms with E-state index in [4.69, 9.17) is 21.1 Å². The fourth-order valence-electron chi connectivity index (χ4n) is 3.27. The first-order chi connectivity index (χ1) is 14.5. The van der Waals surface area contributed by atoms with Crippen molar-refractivity contribution in [2.75, 3.05) is 26.3 Å². The third kappa shape index (κ3) is 6.95. The molecule has 0 saturated carbocycles. The number of benzene rings is 2. The molecule has 2 aromatic carbocycles. The van der Waals surface area contributed by atoms with Crippen LogP contribution in [0.5, 0.6) is 11.5 Å². The van der Waals surface area contributed by atoms with E-state index < -0.39 is 0 Å². The van der Waals surface area contributed by atoms with E-state index in [0.717, 1.165) is 24.2 Å². The van der Waals surface area contributed by atoms with Crippen LogP contribution < -0.4 is 14.8 Å². The summed E-state index contributed by atoms with van der Waals surface area (Å²) in [6.07, 6.45) is 1.80. The number of aryl methyl sites for hydroxylation is 1. The summed E-state index contributed by atoms with van der Waals surface area (Å²) in [7, 11) is 0. The highest BCUT2D eigenvalue weighted by molar-refractivity contribution is 6.30. The van der Waals surface area contributed by atoms with Crippen LogP contribution in [-0.4, -0.2) is 49.1 Å². The topological polar surface area (TPSA) is 67.9 Å². The minimum Gasteiger partial charge on any atom is -0.494 e. The number of halogens is 1. The molecule has 1 fully saturated rings. The van der Waals surface area contributed by atoms with Gasteiger partial charge in [0.05, 0.1) is 6.61 Å². The van der Waals surface area contributed by atoms with E-state index in [9.17, 15) is 9.59 Å². The highest BCUT2D eigenvalue weighted by atomic mass is 35.5. The number of hydrogen-bond donors (Lipinski definition) is 1. The molecule has 1 atom stereocenters. The van der Waals surface area contributed by atoms with Gasteiger partial charge in [-0.2, -0.15) is 0 Å². The fraction of sp³-hybridized carbons (Fsp3) is 0.391. The Kier molecular flexibility index (Phi) is 7.97. The predicted molar refractivity (Wildman–Crippen MR) is 116 cm³/mol. The van der Waals surface area contributed by atoms with E-state index in [1.54, 1.807) is 12.1 Å². The lowest BCUT2D eigenvalue weighted by molar-refractivity contribution is -0.135. The zero-order chi connectivity index (χ0) is 21.3. The SMILES string of the molecule is Cc1ccc(OCC(=O)NC2CCN(CCCOc3ccc(Cl)cc3)C(=O)C2)cc1. The molecule has 1 N–H and O–H groups in total. The minimum atomic E-state index is -0.210. The van der Waals surface area contributed by atoms with Gasteiger partial charge in [0.15, 0.2) is 6.61 Å². The Hall–Kier alpha value is -2.73. The molecule has 0 spiro atoms.